The lowest BCUT2D eigenvalue weighted by Crippen LogP contribution is -2.29. The molecule has 0 radical (unpaired) electrons. The molecule has 3 nitrogen and oxygen atoms in total. The molecular weight excluding hydrogens is 204 g/mol. The van der Waals surface area contributed by atoms with E-state index < -0.39 is 5.60 Å². The van der Waals surface area contributed by atoms with Gasteiger partial charge in [-0.25, -0.2) is 4.79 Å². The van der Waals surface area contributed by atoms with Gasteiger partial charge in [-0.05, 0) is 27.2 Å². The molecule has 0 amide bonds. The number of esters is 1. The first kappa shape index (κ1) is 15.2. The highest BCUT2D eigenvalue weighted by molar-refractivity contribution is 5.81. The highest BCUT2D eigenvalue weighted by Gasteiger charge is 2.21. The molecule has 0 aliphatic carbocycles. The van der Waals surface area contributed by atoms with Crippen LogP contribution in [-0.4, -0.2) is 24.3 Å². The summed E-state index contributed by atoms with van der Waals surface area (Å²) in [6, 6.07) is 0. The van der Waals surface area contributed by atoms with Crippen LogP contribution in [0.3, 0.4) is 0 Å². The van der Waals surface area contributed by atoms with E-state index in [0.29, 0.717) is 13.0 Å². The molecule has 0 N–H and O–H groups in total. The van der Waals surface area contributed by atoms with Crippen molar-refractivity contribution in [2.45, 2.75) is 58.7 Å². The molecule has 0 aromatic heterocycles. The predicted molar refractivity (Wildman–Crippen MR) is 65.3 cm³/mol. The number of hydrogen-bond donors (Lipinski definition) is 0. The van der Waals surface area contributed by atoms with Crippen molar-refractivity contribution in [1.29, 1.82) is 0 Å². The quantitative estimate of drug-likeness (QED) is 0.473. The molecule has 0 bridgehead atoms. The summed E-state index contributed by atoms with van der Waals surface area (Å²) >= 11 is 0. The van der Waals surface area contributed by atoms with Crippen LogP contribution in [0.5, 0.6) is 0 Å². The molecule has 0 saturated carbocycles. The van der Waals surface area contributed by atoms with Crippen molar-refractivity contribution in [3.8, 4) is 0 Å². The molecule has 0 fully saturated rings. The normalized spacial score (nSPS) is 13.2. The van der Waals surface area contributed by atoms with Crippen LogP contribution in [0.4, 0.5) is 0 Å². The van der Waals surface area contributed by atoms with E-state index in [2.05, 4.69) is 20.4 Å². The molecule has 94 valence electrons. The van der Waals surface area contributed by atoms with Gasteiger partial charge in [0.05, 0.1) is 12.7 Å². The number of carbonyl (C=O) groups excluding carboxylic acids is 1. The van der Waals surface area contributed by atoms with E-state index in [4.69, 9.17) is 9.47 Å². The van der Waals surface area contributed by atoms with Gasteiger partial charge in [-0.15, -0.1) is 0 Å². The van der Waals surface area contributed by atoms with Gasteiger partial charge < -0.3 is 9.47 Å². The van der Waals surface area contributed by atoms with Gasteiger partial charge in [-0.3, -0.25) is 0 Å². The highest BCUT2D eigenvalue weighted by Crippen LogP contribution is 2.15. The SMILES string of the molecule is C=CC(=O)OC(C)(C)CCOC(C)CCC. The smallest absolute Gasteiger partial charge is 0.330 e. The lowest BCUT2D eigenvalue weighted by atomic mass is 10.1. The first-order valence-electron chi connectivity index (χ1n) is 5.88. The van der Waals surface area contributed by atoms with Crippen molar-refractivity contribution in [1.82, 2.24) is 0 Å². The summed E-state index contributed by atoms with van der Waals surface area (Å²) in [6.07, 6.45) is 4.34. The predicted octanol–water partition coefficient (Wildman–Crippen LogP) is 3.09. The van der Waals surface area contributed by atoms with Crippen LogP contribution >= 0.6 is 0 Å². The van der Waals surface area contributed by atoms with E-state index in [1.165, 1.54) is 6.08 Å². The van der Waals surface area contributed by atoms with Crippen molar-refractivity contribution < 1.29 is 14.3 Å². The number of carbonyl (C=O) groups is 1. The summed E-state index contributed by atoms with van der Waals surface area (Å²) in [5.41, 5.74) is -0.489. The van der Waals surface area contributed by atoms with Crippen molar-refractivity contribution in [3.63, 3.8) is 0 Å². The average Bonchev–Trinajstić information content (AvgIpc) is 2.16. The van der Waals surface area contributed by atoms with Crippen LogP contribution in [-0.2, 0) is 14.3 Å². The van der Waals surface area contributed by atoms with E-state index >= 15 is 0 Å². The molecule has 0 heterocycles. The van der Waals surface area contributed by atoms with Crippen LogP contribution < -0.4 is 0 Å². The second-order valence-corrected chi connectivity index (χ2v) is 4.60. The average molecular weight is 228 g/mol. The maximum atomic E-state index is 11.0. The Morgan fingerprint density at radius 3 is 2.62 bits per heavy atom. The Morgan fingerprint density at radius 2 is 2.12 bits per heavy atom. The van der Waals surface area contributed by atoms with Crippen molar-refractivity contribution in [2.24, 2.45) is 0 Å². The van der Waals surface area contributed by atoms with Gasteiger partial charge >= 0.3 is 5.97 Å². The van der Waals surface area contributed by atoms with Crippen LogP contribution in [0.1, 0.15) is 47.0 Å². The summed E-state index contributed by atoms with van der Waals surface area (Å²) in [5.74, 6) is -0.383. The third-order valence-corrected chi connectivity index (χ3v) is 2.35. The van der Waals surface area contributed by atoms with Crippen molar-refractivity contribution >= 4 is 5.97 Å². The minimum absolute atomic E-state index is 0.274. The van der Waals surface area contributed by atoms with Crippen molar-refractivity contribution in [2.75, 3.05) is 6.61 Å². The minimum atomic E-state index is -0.489. The van der Waals surface area contributed by atoms with Crippen LogP contribution in [0.15, 0.2) is 12.7 Å². The van der Waals surface area contributed by atoms with E-state index in [1.54, 1.807) is 0 Å². The summed E-state index contributed by atoms with van der Waals surface area (Å²) in [4.78, 5) is 11.0. The third kappa shape index (κ3) is 7.46. The summed E-state index contributed by atoms with van der Waals surface area (Å²) < 4.78 is 10.8. The van der Waals surface area contributed by atoms with Crippen LogP contribution in [0.25, 0.3) is 0 Å². The molecule has 0 saturated heterocycles. The standard InChI is InChI=1S/C13H24O3/c1-6-8-11(3)15-10-9-13(4,5)16-12(14)7-2/h7,11H,2,6,8-10H2,1,3-5H3. The van der Waals surface area contributed by atoms with E-state index in [1.807, 2.05) is 13.8 Å². The Kier molecular flexibility index (Phi) is 7.06. The molecule has 0 aromatic rings. The topological polar surface area (TPSA) is 35.5 Å². The van der Waals surface area contributed by atoms with Gasteiger partial charge in [0.1, 0.15) is 5.60 Å². The molecule has 16 heavy (non-hydrogen) atoms. The zero-order valence-electron chi connectivity index (χ0n) is 10.9. The van der Waals surface area contributed by atoms with Crippen LogP contribution in [0.2, 0.25) is 0 Å². The fourth-order valence-corrected chi connectivity index (χ4v) is 1.36. The molecule has 0 rings (SSSR count). The molecule has 1 atom stereocenters. The number of hydrogen-bond acceptors (Lipinski definition) is 3. The zero-order chi connectivity index (χ0) is 12.6. The largest absolute Gasteiger partial charge is 0.456 e. The Bertz CT molecular complexity index is 221. The van der Waals surface area contributed by atoms with Gasteiger partial charge in [0, 0.05) is 12.5 Å². The Morgan fingerprint density at radius 1 is 1.50 bits per heavy atom. The number of ether oxygens (including phenoxy) is 2. The fraction of sp³-hybridized carbons (Fsp3) is 0.769. The molecule has 0 aliphatic heterocycles. The van der Waals surface area contributed by atoms with E-state index in [9.17, 15) is 4.79 Å². The van der Waals surface area contributed by atoms with Gasteiger partial charge in [0.25, 0.3) is 0 Å². The fourth-order valence-electron chi connectivity index (χ4n) is 1.36. The van der Waals surface area contributed by atoms with E-state index in [0.717, 1.165) is 12.8 Å². The van der Waals surface area contributed by atoms with Gasteiger partial charge in [-0.1, -0.05) is 19.9 Å². The molecular formula is C13H24O3. The second-order valence-electron chi connectivity index (χ2n) is 4.60. The minimum Gasteiger partial charge on any atom is -0.456 e. The lowest BCUT2D eigenvalue weighted by molar-refractivity contribution is -0.152. The number of rotatable bonds is 8. The molecule has 0 aromatic carbocycles. The highest BCUT2D eigenvalue weighted by atomic mass is 16.6. The first-order chi connectivity index (χ1) is 7.41. The monoisotopic (exact) mass is 228 g/mol. The first-order valence-corrected chi connectivity index (χ1v) is 5.88. The molecule has 3 heteroatoms. The molecule has 1 unspecified atom stereocenters. The summed E-state index contributed by atoms with van der Waals surface area (Å²) in [7, 11) is 0. The van der Waals surface area contributed by atoms with Crippen molar-refractivity contribution in [3.05, 3.63) is 12.7 Å². The Balaban J connectivity index is 3.81. The van der Waals surface area contributed by atoms with E-state index in [-0.39, 0.29) is 12.1 Å². The van der Waals surface area contributed by atoms with Gasteiger partial charge in [0.15, 0.2) is 0 Å². The van der Waals surface area contributed by atoms with Gasteiger partial charge in [0.2, 0.25) is 0 Å². The summed E-state index contributed by atoms with van der Waals surface area (Å²) in [6.45, 7) is 11.9. The Labute approximate surface area is 98.8 Å². The van der Waals surface area contributed by atoms with Gasteiger partial charge in [-0.2, -0.15) is 0 Å². The third-order valence-electron chi connectivity index (χ3n) is 2.35. The maximum Gasteiger partial charge on any atom is 0.330 e. The Hall–Kier alpha value is -0.830. The van der Waals surface area contributed by atoms with Crippen LogP contribution in [0, 0.1) is 0 Å². The second kappa shape index (κ2) is 7.44. The summed E-state index contributed by atoms with van der Waals surface area (Å²) in [5, 5.41) is 0. The zero-order valence-corrected chi connectivity index (χ0v) is 10.9. The maximum absolute atomic E-state index is 11.0. The molecule has 0 spiro atoms. The molecule has 0 aliphatic rings. The lowest BCUT2D eigenvalue weighted by Gasteiger charge is -2.25.